The molecule has 0 amide bonds. The van der Waals surface area contributed by atoms with Gasteiger partial charge in [-0.3, -0.25) is 4.79 Å². The van der Waals surface area contributed by atoms with Crippen molar-refractivity contribution in [2.24, 2.45) is 11.3 Å². The maximum absolute atomic E-state index is 12.8. The Kier molecular flexibility index (Phi) is 4.26. The van der Waals surface area contributed by atoms with Gasteiger partial charge in [-0.05, 0) is 54.4 Å². The third-order valence-electron chi connectivity index (χ3n) is 5.60. The first kappa shape index (κ1) is 18.0. The van der Waals surface area contributed by atoms with Crippen molar-refractivity contribution in [1.29, 1.82) is 0 Å². The number of ether oxygens (including phenoxy) is 1. The SMILES string of the molecule is COc1ccc(O)c(-c2nc3sc4c(c3c(=O)[nH]2)CCC(C(C)(C)C)C4)c1. The summed E-state index contributed by atoms with van der Waals surface area (Å²) in [7, 11) is 1.56. The Balaban J connectivity index is 1.84. The lowest BCUT2D eigenvalue weighted by Gasteiger charge is -2.33. The molecule has 2 heterocycles. The molecule has 5 nitrogen and oxygen atoms in total. The number of thiophene rings is 1. The van der Waals surface area contributed by atoms with Gasteiger partial charge in [0.1, 0.15) is 22.2 Å². The summed E-state index contributed by atoms with van der Waals surface area (Å²) in [6.07, 6.45) is 3.02. The highest BCUT2D eigenvalue weighted by molar-refractivity contribution is 7.18. The number of phenolic OH excluding ortho intramolecular Hbond substituents is 1. The molecule has 0 radical (unpaired) electrons. The molecule has 2 aromatic heterocycles. The average molecular weight is 385 g/mol. The van der Waals surface area contributed by atoms with Crippen molar-refractivity contribution in [3.05, 3.63) is 39.0 Å². The number of aromatic nitrogens is 2. The molecule has 0 saturated heterocycles. The summed E-state index contributed by atoms with van der Waals surface area (Å²) in [6.45, 7) is 6.85. The largest absolute Gasteiger partial charge is 0.507 e. The van der Waals surface area contributed by atoms with Crippen molar-refractivity contribution < 1.29 is 9.84 Å². The van der Waals surface area contributed by atoms with E-state index in [0.29, 0.717) is 28.4 Å². The molecule has 2 N–H and O–H groups in total. The number of aryl methyl sites for hydroxylation is 1. The van der Waals surface area contributed by atoms with Crippen molar-refractivity contribution in [3.63, 3.8) is 0 Å². The van der Waals surface area contributed by atoms with Crippen LogP contribution >= 0.6 is 11.3 Å². The monoisotopic (exact) mass is 384 g/mol. The van der Waals surface area contributed by atoms with E-state index in [1.165, 1.54) is 4.88 Å². The molecular formula is C21H24N2O3S. The topological polar surface area (TPSA) is 75.2 Å². The summed E-state index contributed by atoms with van der Waals surface area (Å²) in [4.78, 5) is 22.4. The molecule has 0 aliphatic heterocycles. The fourth-order valence-corrected chi connectivity index (χ4v) is 5.18. The summed E-state index contributed by atoms with van der Waals surface area (Å²) < 4.78 is 5.23. The molecule has 1 unspecified atom stereocenters. The van der Waals surface area contributed by atoms with Crippen LogP contribution in [0.3, 0.4) is 0 Å². The van der Waals surface area contributed by atoms with Gasteiger partial charge in [-0.15, -0.1) is 11.3 Å². The van der Waals surface area contributed by atoms with Crippen molar-refractivity contribution >= 4 is 21.6 Å². The van der Waals surface area contributed by atoms with Gasteiger partial charge in [0.25, 0.3) is 5.56 Å². The number of aromatic amines is 1. The predicted octanol–water partition coefficient (Wildman–Crippen LogP) is 4.52. The Hall–Kier alpha value is -2.34. The average Bonchev–Trinajstić information content (AvgIpc) is 2.99. The number of hydrogen-bond donors (Lipinski definition) is 2. The Morgan fingerprint density at radius 2 is 2.11 bits per heavy atom. The lowest BCUT2D eigenvalue weighted by atomic mass is 9.72. The number of methoxy groups -OCH3 is 1. The Morgan fingerprint density at radius 1 is 1.33 bits per heavy atom. The molecule has 4 rings (SSSR count). The minimum Gasteiger partial charge on any atom is -0.507 e. The maximum atomic E-state index is 12.8. The van der Waals surface area contributed by atoms with Crippen LogP contribution in [0.2, 0.25) is 0 Å². The van der Waals surface area contributed by atoms with E-state index < -0.39 is 0 Å². The third-order valence-corrected chi connectivity index (χ3v) is 6.75. The lowest BCUT2D eigenvalue weighted by molar-refractivity contribution is 0.218. The summed E-state index contributed by atoms with van der Waals surface area (Å²) >= 11 is 1.61. The van der Waals surface area contributed by atoms with Crippen LogP contribution in [-0.2, 0) is 12.8 Å². The van der Waals surface area contributed by atoms with E-state index in [9.17, 15) is 9.90 Å². The zero-order chi connectivity index (χ0) is 19.3. The Morgan fingerprint density at radius 3 is 2.81 bits per heavy atom. The second kappa shape index (κ2) is 6.37. The second-order valence-corrected chi connectivity index (χ2v) is 9.37. The standard InChI is InChI=1S/C21H24N2O3S/c1-21(2,3)11-5-7-13-16(9-11)27-20-17(13)19(25)22-18(23-20)14-10-12(26-4)6-8-15(14)24/h6,8,10-11,24H,5,7,9H2,1-4H3,(H,22,23,25). The molecule has 6 heteroatoms. The molecule has 0 bridgehead atoms. The smallest absolute Gasteiger partial charge is 0.260 e. The van der Waals surface area contributed by atoms with E-state index in [0.717, 1.165) is 29.7 Å². The van der Waals surface area contributed by atoms with Crippen molar-refractivity contribution in [2.75, 3.05) is 7.11 Å². The molecule has 1 aliphatic carbocycles. The van der Waals surface area contributed by atoms with Gasteiger partial charge in [0, 0.05) is 4.88 Å². The van der Waals surface area contributed by atoms with Gasteiger partial charge in [-0.1, -0.05) is 20.8 Å². The van der Waals surface area contributed by atoms with Crippen molar-refractivity contribution in [3.8, 4) is 22.9 Å². The zero-order valence-corrected chi connectivity index (χ0v) is 16.9. The second-order valence-electron chi connectivity index (χ2n) is 8.29. The quantitative estimate of drug-likeness (QED) is 0.681. The summed E-state index contributed by atoms with van der Waals surface area (Å²) in [6, 6.07) is 4.90. The van der Waals surface area contributed by atoms with Crippen LogP contribution < -0.4 is 10.3 Å². The number of benzene rings is 1. The highest BCUT2D eigenvalue weighted by atomic mass is 32.1. The molecule has 1 aromatic carbocycles. The van der Waals surface area contributed by atoms with E-state index in [-0.39, 0.29) is 16.7 Å². The van der Waals surface area contributed by atoms with Crippen LogP contribution in [0.25, 0.3) is 21.6 Å². The van der Waals surface area contributed by atoms with E-state index in [1.54, 1.807) is 36.6 Å². The van der Waals surface area contributed by atoms with E-state index >= 15 is 0 Å². The van der Waals surface area contributed by atoms with Crippen LogP contribution in [-0.4, -0.2) is 22.2 Å². The number of aromatic hydroxyl groups is 1. The lowest BCUT2D eigenvalue weighted by Crippen LogP contribution is -2.26. The van der Waals surface area contributed by atoms with Crippen molar-refractivity contribution in [1.82, 2.24) is 9.97 Å². The number of rotatable bonds is 2. The van der Waals surface area contributed by atoms with Crippen LogP contribution in [0, 0.1) is 11.3 Å². The van der Waals surface area contributed by atoms with Crippen LogP contribution in [0.5, 0.6) is 11.5 Å². The van der Waals surface area contributed by atoms with E-state index in [1.807, 2.05) is 0 Å². The van der Waals surface area contributed by atoms with Crippen LogP contribution in [0.1, 0.15) is 37.6 Å². The predicted molar refractivity (Wildman–Crippen MR) is 109 cm³/mol. The highest BCUT2D eigenvalue weighted by Crippen LogP contribution is 2.42. The molecule has 1 aliphatic rings. The zero-order valence-electron chi connectivity index (χ0n) is 16.0. The molecule has 0 saturated carbocycles. The van der Waals surface area contributed by atoms with Crippen LogP contribution in [0.4, 0.5) is 0 Å². The first-order chi connectivity index (χ1) is 12.8. The number of H-pyrrole nitrogens is 1. The minimum atomic E-state index is -0.135. The van der Waals surface area contributed by atoms with Gasteiger partial charge in [0.15, 0.2) is 0 Å². The van der Waals surface area contributed by atoms with Gasteiger partial charge in [-0.2, -0.15) is 0 Å². The number of phenols is 1. The number of hydrogen-bond acceptors (Lipinski definition) is 5. The fourth-order valence-electron chi connectivity index (χ4n) is 3.88. The number of nitrogens with one attached hydrogen (secondary N) is 1. The van der Waals surface area contributed by atoms with Gasteiger partial charge < -0.3 is 14.8 Å². The summed E-state index contributed by atoms with van der Waals surface area (Å²) in [5.41, 5.74) is 1.74. The van der Waals surface area contributed by atoms with Crippen molar-refractivity contribution in [2.45, 2.75) is 40.0 Å². The molecule has 0 spiro atoms. The molecular weight excluding hydrogens is 360 g/mol. The summed E-state index contributed by atoms with van der Waals surface area (Å²) in [5, 5.41) is 10.9. The van der Waals surface area contributed by atoms with Crippen LogP contribution in [0.15, 0.2) is 23.0 Å². The van der Waals surface area contributed by atoms with Gasteiger partial charge in [0.2, 0.25) is 0 Å². The highest BCUT2D eigenvalue weighted by Gasteiger charge is 2.31. The normalized spacial score (nSPS) is 17.1. The third kappa shape index (κ3) is 3.12. The van der Waals surface area contributed by atoms with Gasteiger partial charge in [0.05, 0.1) is 18.1 Å². The number of fused-ring (bicyclic) bond motifs is 3. The number of nitrogens with zero attached hydrogens (tertiary/aromatic N) is 1. The molecule has 27 heavy (non-hydrogen) atoms. The first-order valence-electron chi connectivity index (χ1n) is 9.20. The van der Waals surface area contributed by atoms with Gasteiger partial charge in [-0.25, -0.2) is 4.98 Å². The molecule has 142 valence electrons. The summed E-state index contributed by atoms with van der Waals surface area (Å²) in [5.74, 6) is 1.64. The first-order valence-corrected chi connectivity index (χ1v) is 10.0. The molecule has 0 fully saturated rings. The molecule has 3 aromatic rings. The molecule has 1 atom stereocenters. The van der Waals surface area contributed by atoms with Gasteiger partial charge >= 0.3 is 0 Å². The van der Waals surface area contributed by atoms with E-state index in [4.69, 9.17) is 4.74 Å². The maximum Gasteiger partial charge on any atom is 0.260 e. The minimum absolute atomic E-state index is 0.0624. The van der Waals surface area contributed by atoms with E-state index in [2.05, 4.69) is 30.7 Å². The Bertz CT molecular complexity index is 1080. The Labute approximate surface area is 162 Å². The fraction of sp³-hybridized carbons (Fsp3) is 0.429.